The highest BCUT2D eigenvalue weighted by Gasteiger charge is 2.12. The minimum Gasteiger partial charge on any atom is -0.0654 e. The molecule has 0 radical (unpaired) electrons. The van der Waals surface area contributed by atoms with E-state index in [1.54, 1.807) is 19.3 Å². The van der Waals surface area contributed by atoms with E-state index in [-0.39, 0.29) is 0 Å². The van der Waals surface area contributed by atoms with Crippen LogP contribution in [0.5, 0.6) is 0 Å². The van der Waals surface area contributed by atoms with E-state index < -0.39 is 0 Å². The second-order valence-electron chi connectivity index (χ2n) is 20.6. The van der Waals surface area contributed by atoms with E-state index in [0.29, 0.717) is 0 Å². The molecule has 0 N–H and O–H groups in total. The molecule has 1 fully saturated rings. The van der Waals surface area contributed by atoms with Gasteiger partial charge in [0.25, 0.3) is 0 Å². The lowest BCUT2D eigenvalue weighted by Gasteiger charge is -2.21. The predicted octanol–water partition coefficient (Wildman–Crippen LogP) is 22.5. The van der Waals surface area contributed by atoms with Crippen molar-refractivity contribution in [2.75, 3.05) is 0 Å². The Bertz CT molecular complexity index is 688. The quantitative estimate of drug-likeness (QED) is 0.0537. The van der Waals surface area contributed by atoms with Gasteiger partial charge in [0, 0.05) is 0 Å². The first-order valence-electron chi connectivity index (χ1n) is 28.9. The van der Waals surface area contributed by atoms with Gasteiger partial charge in [-0.2, -0.15) is 0 Å². The van der Waals surface area contributed by atoms with Gasteiger partial charge in [-0.15, -0.1) is 0 Å². The highest BCUT2D eigenvalue weighted by Crippen LogP contribution is 2.28. The number of unbranched alkanes of at least 4 members (excludes halogenated alkanes) is 49. The zero-order valence-corrected chi connectivity index (χ0v) is 41.2. The van der Waals surface area contributed by atoms with Gasteiger partial charge in [-0.05, 0) is 5.92 Å². The van der Waals surface area contributed by atoms with Crippen LogP contribution in [0.15, 0.2) is 0 Å². The number of hydrogen-bond acceptors (Lipinski definition) is 0. The van der Waals surface area contributed by atoms with Crippen LogP contribution in [0.25, 0.3) is 0 Å². The lowest BCUT2D eigenvalue weighted by atomic mass is 9.85. The maximum atomic E-state index is 2.31. The van der Waals surface area contributed by atoms with Crippen molar-refractivity contribution in [3.05, 3.63) is 0 Å². The molecule has 0 atom stereocenters. The van der Waals surface area contributed by atoms with Crippen LogP contribution < -0.4 is 0 Å². The lowest BCUT2D eigenvalue weighted by molar-refractivity contribution is 0.328. The van der Waals surface area contributed by atoms with Crippen LogP contribution in [0, 0.1) is 5.92 Å². The fraction of sp³-hybridized carbons (Fsp3) is 1.00. The van der Waals surface area contributed by atoms with Gasteiger partial charge in [0.05, 0.1) is 0 Å². The first kappa shape index (κ1) is 56.0. The van der Waals surface area contributed by atoms with Crippen LogP contribution in [-0.4, -0.2) is 0 Å². The predicted molar refractivity (Wildman–Crippen MR) is 268 cm³/mol. The summed E-state index contributed by atoms with van der Waals surface area (Å²) < 4.78 is 0. The molecule has 0 nitrogen and oxygen atoms in total. The molecule has 0 aromatic carbocycles. The van der Waals surface area contributed by atoms with E-state index in [2.05, 4.69) is 6.92 Å². The van der Waals surface area contributed by atoms with E-state index in [1.807, 2.05) is 0 Å². The third kappa shape index (κ3) is 47.1. The molecule has 58 heavy (non-hydrogen) atoms. The molecular weight excluding hydrogens is 697 g/mol. The van der Waals surface area contributed by atoms with Gasteiger partial charge in [0.2, 0.25) is 0 Å². The molecule has 0 amide bonds. The average molecular weight is 814 g/mol. The molecule has 0 aromatic heterocycles. The first-order chi connectivity index (χ1) is 28.9. The maximum Gasteiger partial charge on any atom is -0.0414 e. The summed E-state index contributed by atoms with van der Waals surface area (Å²) in [5, 5.41) is 0. The minimum atomic E-state index is 1.10. The van der Waals surface area contributed by atoms with Crippen molar-refractivity contribution in [2.45, 2.75) is 366 Å². The van der Waals surface area contributed by atoms with E-state index in [9.17, 15) is 0 Å². The smallest absolute Gasteiger partial charge is 0.0414 e. The Hall–Kier alpha value is 0. The monoisotopic (exact) mass is 813 g/mol. The van der Waals surface area contributed by atoms with Crippen LogP contribution in [0.3, 0.4) is 0 Å². The molecule has 0 spiro atoms. The highest BCUT2D eigenvalue weighted by molar-refractivity contribution is 4.66. The summed E-state index contributed by atoms with van der Waals surface area (Å²) in [5.41, 5.74) is 0. The summed E-state index contributed by atoms with van der Waals surface area (Å²) in [6.45, 7) is 2.31. The minimum absolute atomic E-state index is 1.10. The van der Waals surface area contributed by atoms with Gasteiger partial charge in [-0.1, -0.05) is 366 Å². The Labute approximate surface area is 371 Å². The molecule has 0 aromatic rings. The van der Waals surface area contributed by atoms with E-state index in [4.69, 9.17) is 0 Å². The highest BCUT2D eigenvalue weighted by atomic mass is 14.2. The number of rotatable bonds is 51. The molecule has 0 unspecified atom stereocenters. The van der Waals surface area contributed by atoms with Crippen LogP contribution in [0.1, 0.15) is 366 Å². The van der Waals surface area contributed by atoms with E-state index in [0.717, 1.165) is 5.92 Å². The van der Waals surface area contributed by atoms with Crippen molar-refractivity contribution in [3.63, 3.8) is 0 Å². The Morgan fingerprint density at radius 2 is 0.345 bits per heavy atom. The van der Waals surface area contributed by atoms with E-state index >= 15 is 0 Å². The third-order valence-electron chi connectivity index (χ3n) is 14.7. The topological polar surface area (TPSA) is 0 Å². The molecule has 1 aliphatic carbocycles. The van der Waals surface area contributed by atoms with Gasteiger partial charge < -0.3 is 0 Å². The van der Waals surface area contributed by atoms with Crippen molar-refractivity contribution in [1.29, 1.82) is 0 Å². The standard InChI is InChI=1S/C58H116/c1-2-3-4-5-6-7-8-9-10-11-12-13-14-15-16-17-18-19-20-21-22-23-24-25-26-27-28-29-30-31-32-33-34-35-36-37-38-39-40-41-42-43-44-45-46-47-48-49-50-52-55-58-56-53-51-54-57-58/h58H,2-57H2,1H3. The van der Waals surface area contributed by atoms with Gasteiger partial charge in [0.1, 0.15) is 0 Å². The molecule has 0 aliphatic heterocycles. The van der Waals surface area contributed by atoms with Gasteiger partial charge in [-0.25, -0.2) is 0 Å². The summed E-state index contributed by atoms with van der Waals surface area (Å²) in [5.74, 6) is 1.10. The van der Waals surface area contributed by atoms with Gasteiger partial charge in [-0.3, -0.25) is 0 Å². The maximum absolute atomic E-state index is 2.31. The summed E-state index contributed by atoms with van der Waals surface area (Å²) in [6, 6.07) is 0. The lowest BCUT2D eigenvalue weighted by Crippen LogP contribution is -2.05. The fourth-order valence-corrected chi connectivity index (χ4v) is 10.5. The van der Waals surface area contributed by atoms with Crippen LogP contribution >= 0.6 is 0 Å². The molecule has 1 aliphatic rings. The van der Waals surface area contributed by atoms with Crippen LogP contribution in [-0.2, 0) is 0 Å². The molecule has 1 saturated carbocycles. The Balaban J connectivity index is 1.59. The molecule has 0 bridgehead atoms. The number of hydrogen-bond donors (Lipinski definition) is 0. The van der Waals surface area contributed by atoms with Crippen LogP contribution in [0.2, 0.25) is 0 Å². The fourth-order valence-electron chi connectivity index (χ4n) is 10.5. The van der Waals surface area contributed by atoms with Crippen molar-refractivity contribution < 1.29 is 0 Å². The van der Waals surface area contributed by atoms with Crippen molar-refractivity contribution >= 4 is 0 Å². The average Bonchev–Trinajstić information content (AvgIpc) is 3.24. The van der Waals surface area contributed by atoms with Crippen molar-refractivity contribution in [3.8, 4) is 0 Å². The molecule has 0 heteroatoms. The molecule has 348 valence electrons. The summed E-state index contributed by atoms with van der Waals surface area (Å²) in [4.78, 5) is 0. The molecule has 0 heterocycles. The second-order valence-corrected chi connectivity index (χ2v) is 20.6. The van der Waals surface area contributed by atoms with Gasteiger partial charge in [0.15, 0.2) is 0 Å². The summed E-state index contributed by atoms with van der Waals surface area (Å²) in [6.07, 6.45) is 83.9. The van der Waals surface area contributed by atoms with Crippen molar-refractivity contribution in [2.24, 2.45) is 5.92 Å². The van der Waals surface area contributed by atoms with Crippen LogP contribution in [0.4, 0.5) is 0 Å². The summed E-state index contributed by atoms with van der Waals surface area (Å²) in [7, 11) is 0. The molecule has 1 rings (SSSR count). The Morgan fingerprint density at radius 1 is 0.190 bits per heavy atom. The Morgan fingerprint density at radius 3 is 0.517 bits per heavy atom. The zero-order chi connectivity index (χ0) is 41.2. The molecular formula is C58H116. The Kier molecular flexibility index (Phi) is 49.6. The van der Waals surface area contributed by atoms with E-state index in [1.165, 1.54) is 340 Å². The van der Waals surface area contributed by atoms with Gasteiger partial charge >= 0.3 is 0 Å². The second kappa shape index (κ2) is 51.4. The van der Waals surface area contributed by atoms with Crippen molar-refractivity contribution in [1.82, 2.24) is 0 Å². The zero-order valence-electron chi connectivity index (χ0n) is 41.2. The largest absolute Gasteiger partial charge is 0.0654 e. The molecule has 0 saturated heterocycles. The summed E-state index contributed by atoms with van der Waals surface area (Å²) >= 11 is 0. The first-order valence-corrected chi connectivity index (χ1v) is 28.9. The SMILES string of the molecule is CCCCCCCCCCCCCCCCCCCCCCCCCCCCCCCCCCCCCCCCCCCCCCCCCCCCC1CCCCC1. The third-order valence-corrected chi connectivity index (χ3v) is 14.7. The normalized spacial score (nSPS) is 13.6.